The van der Waals surface area contributed by atoms with Crippen molar-refractivity contribution in [2.45, 2.75) is 12.8 Å². The van der Waals surface area contributed by atoms with Crippen LogP contribution in [-0.4, -0.2) is 20.3 Å². The highest BCUT2D eigenvalue weighted by Crippen LogP contribution is 2.24. The zero-order chi connectivity index (χ0) is 16.4. The van der Waals surface area contributed by atoms with E-state index in [2.05, 4.69) is 25.1 Å². The third-order valence-corrected chi connectivity index (χ3v) is 5.22. The number of amides is 1. The van der Waals surface area contributed by atoms with E-state index in [1.807, 2.05) is 41.9 Å². The minimum atomic E-state index is -0.0206. The molecule has 0 aliphatic carbocycles. The van der Waals surface area contributed by atoms with Gasteiger partial charge in [-0.2, -0.15) is 0 Å². The maximum absolute atomic E-state index is 12.0. The monoisotopic (exact) mass is 354 g/mol. The average Bonchev–Trinajstić information content (AvgIpc) is 3.31. The van der Waals surface area contributed by atoms with Crippen LogP contribution in [0.2, 0.25) is 0 Å². The van der Waals surface area contributed by atoms with Crippen LogP contribution in [0.15, 0.2) is 53.5 Å². The molecular weight excluding hydrogens is 340 g/mol. The van der Waals surface area contributed by atoms with Gasteiger partial charge in [0.15, 0.2) is 10.1 Å². The van der Waals surface area contributed by atoms with Gasteiger partial charge in [0.2, 0.25) is 5.91 Å². The Kier molecular flexibility index (Phi) is 4.10. The Morgan fingerprint density at radius 2 is 2.08 bits per heavy atom. The second kappa shape index (κ2) is 6.54. The van der Waals surface area contributed by atoms with Gasteiger partial charge in [-0.3, -0.25) is 9.20 Å². The fourth-order valence-corrected chi connectivity index (χ4v) is 3.92. The Balaban J connectivity index is 1.48. The fraction of sp³-hybridized carbons (Fsp3) is 0.118. The lowest BCUT2D eigenvalue weighted by Crippen LogP contribution is -2.12. The van der Waals surface area contributed by atoms with E-state index in [1.54, 1.807) is 17.5 Å². The summed E-state index contributed by atoms with van der Waals surface area (Å²) in [6.07, 6.45) is 4.81. The average molecular weight is 354 g/mol. The molecule has 0 fully saturated rings. The van der Waals surface area contributed by atoms with Crippen LogP contribution in [0.4, 0.5) is 5.13 Å². The van der Waals surface area contributed by atoms with Crippen molar-refractivity contribution in [2.75, 3.05) is 5.32 Å². The summed E-state index contributed by atoms with van der Waals surface area (Å²) in [6.45, 7) is 0. The lowest BCUT2D eigenvalue weighted by molar-refractivity contribution is -0.116. The quantitative estimate of drug-likeness (QED) is 0.587. The van der Waals surface area contributed by atoms with Gasteiger partial charge in [-0.1, -0.05) is 30.3 Å². The molecule has 0 saturated carbocycles. The second-order valence-corrected chi connectivity index (χ2v) is 6.99. The Bertz CT molecular complexity index is 957. The molecule has 1 aromatic carbocycles. The van der Waals surface area contributed by atoms with Gasteiger partial charge in [0, 0.05) is 40.8 Å². The first kappa shape index (κ1) is 15.0. The van der Waals surface area contributed by atoms with Crippen molar-refractivity contribution >= 4 is 38.7 Å². The first-order valence-electron chi connectivity index (χ1n) is 7.50. The molecule has 0 aliphatic rings. The number of imidazole rings is 1. The largest absolute Gasteiger partial charge is 0.302 e. The summed E-state index contributed by atoms with van der Waals surface area (Å²) in [6, 6.07) is 10.1. The number of carbonyl (C=O) groups excluding carboxylic acids is 1. The molecule has 1 amide bonds. The summed E-state index contributed by atoms with van der Waals surface area (Å²) >= 11 is 3.02. The number of benzene rings is 1. The molecule has 4 rings (SSSR count). The molecule has 0 saturated heterocycles. The van der Waals surface area contributed by atoms with Gasteiger partial charge in [-0.25, -0.2) is 9.97 Å². The SMILES string of the molecule is O=C(CCc1csc2nc(-c3ccccc3)cn12)Nc1nccs1. The Morgan fingerprint density at radius 3 is 2.88 bits per heavy atom. The molecule has 0 unspecified atom stereocenters. The predicted molar refractivity (Wildman–Crippen MR) is 97.6 cm³/mol. The van der Waals surface area contributed by atoms with E-state index in [1.165, 1.54) is 11.3 Å². The molecule has 5 nitrogen and oxygen atoms in total. The normalized spacial score (nSPS) is 11.0. The highest BCUT2D eigenvalue weighted by molar-refractivity contribution is 7.15. The van der Waals surface area contributed by atoms with Crippen LogP contribution in [0.5, 0.6) is 0 Å². The Morgan fingerprint density at radius 1 is 1.21 bits per heavy atom. The van der Waals surface area contributed by atoms with Gasteiger partial charge >= 0.3 is 0 Å². The number of aromatic nitrogens is 3. The zero-order valence-corrected chi connectivity index (χ0v) is 14.3. The van der Waals surface area contributed by atoms with Crippen LogP contribution in [0.3, 0.4) is 0 Å². The highest BCUT2D eigenvalue weighted by atomic mass is 32.1. The minimum absolute atomic E-state index is 0.0206. The number of aryl methyl sites for hydroxylation is 1. The van der Waals surface area contributed by atoms with E-state index in [0.717, 1.165) is 21.9 Å². The number of anilines is 1. The summed E-state index contributed by atoms with van der Waals surface area (Å²) in [5, 5.41) is 7.36. The van der Waals surface area contributed by atoms with Gasteiger partial charge in [0.05, 0.1) is 5.69 Å². The maximum Gasteiger partial charge on any atom is 0.226 e. The van der Waals surface area contributed by atoms with Gasteiger partial charge in [-0.15, -0.1) is 22.7 Å². The van der Waals surface area contributed by atoms with Crippen molar-refractivity contribution < 1.29 is 4.79 Å². The Hall–Kier alpha value is -2.51. The first-order chi connectivity index (χ1) is 11.8. The van der Waals surface area contributed by atoms with Crippen LogP contribution in [0.25, 0.3) is 16.2 Å². The standard InChI is InChI=1S/C17H14N4OS2/c22-15(20-16-18-8-9-23-16)7-6-13-11-24-17-19-14(10-21(13)17)12-4-2-1-3-5-12/h1-5,8-11H,6-7H2,(H,18,20,22). The smallest absolute Gasteiger partial charge is 0.226 e. The van der Waals surface area contributed by atoms with E-state index in [9.17, 15) is 4.79 Å². The van der Waals surface area contributed by atoms with Gasteiger partial charge in [0.1, 0.15) is 0 Å². The first-order valence-corrected chi connectivity index (χ1v) is 9.26. The topological polar surface area (TPSA) is 59.3 Å². The van der Waals surface area contributed by atoms with Crippen molar-refractivity contribution in [3.05, 3.63) is 59.2 Å². The molecule has 120 valence electrons. The van der Waals surface area contributed by atoms with E-state index < -0.39 is 0 Å². The van der Waals surface area contributed by atoms with E-state index in [4.69, 9.17) is 0 Å². The number of thiazole rings is 2. The maximum atomic E-state index is 12.0. The summed E-state index contributed by atoms with van der Waals surface area (Å²) in [5.41, 5.74) is 3.15. The number of nitrogens with zero attached hydrogens (tertiary/aromatic N) is 3. The minimum Gasteiger partial charge on any atom is -0.302 e. The molecule has 7 heteroatoms. The number of fused-ring (bicyclic) bond motifs is 1. The molecule has 1 N–H and O–H groups in total. The molecule has 0 atom stereocenters. The summed E-state index contributed by atoms with van der Waals surface area (Å²) < 4.78 is 2.07. The zero-order valence-electron chi connectivity index (χ0n) is 12.7. The molecule has 0 spiro atoms. The lowest BCUT2D eigenvalue weighted by atomic mass is 10.2. The number of nitrogens with one attached hydrogen (secondary N) is 1. The van der Waals surface area contributed by atoms with Crippen molar-refractivity contribution in [2.24, 2.45) is 0 Å². The number of hydrogen-bond acceptors (Lipinski definition) is 5. The lowest BCUT2D eigenvalue weighted by Gasteiger charge is -2.01. The van der Waals surface area contributed by atoms with Crippen molar-refractivity contribution in [1.82, 2.24) is 14.4 Å². The third-order valence-electron chi connectivity index (χ3n) is 3.64. The van der Waals surface area contributed by atoms with Crippen LogP contribution in [-0.2, 0) is 11.2 Å². The van der Waals surface area contributed by atoms with Crippen LogP contribution >= 0.6 is 22.7 Å². The fourth-order valence-electron chi connectivity index (χ4n) is 2.47. The summed E-state index contributed by atoms with van der Waals surface area (Å²) in [5.74, 6) is -0.0206. The van der Waals surface area contributed by atoms with Crippen molar-refractivity contribution in [3.8, 4) is 11.3 Å². The molecule has 0 radical (unpaired) electrons. The van der Waals surface area contributed by atoms with Gasteiger partial charge < -0.3 is 5.32 Å². The van der Waals surface area contributed by atoms with Crippen LogP contribution in [0.1, 0.15) is 12.1 Å². The number of rotatable bonds is 5. The summed E-state index contributed by atoms with van der Waals surface area (Å²) in [7, 11) is 0. The third kappa shape index (κ3) is 3.08. The van der Waals surface area contributed by atoms with E-state index in [-0.39, 0.29) is 5.91 Å². The molecule has 4 aromatic rings. The Labute approximate surface area is 146 Å². The molecule has 0 bridgehead atoms. The highest BCUT2D eigenvalue weighted by Gasteiger charge is 2.11. The van der Waals surface area contributed by atoms with E-state index in [0.29, 0.717) is 18.0 Å². The van der Waals surface area contributed by atoms with Gasteiger partial charge in [0.25, 0.3) is 0 Å². The number of hydrogen-bond donors (Lipinski definition) is 1. The van der Waals surface area contributed by atoms with Gasteiger partial charge in [-0.05, 0) is 6.42 Å². The molecule has 3 heterocycles. The second-order valence-electron chi connectivity index (χ2n) is 5.26. The summed E-state index contributed by atoms with van der Waals surface area (Å²) in [4.78, 5) is 21.7. The van der Waals surface area contributed by atoms with Crippen LogP contribution < -0.4 is 5.32 Å². The predicted octanol–water partition coefficient (Wildman–Crippen LogP) is 4.09. The number of carbonyl (C=O) groups is 1. The van der Waals surface area contributed by atoms with E-state index >= 15 is 0 Å². The van der Waals surface area contributed by atoms with Crippen molar-refractivity contribution in [1.29, 1.82) is 0 Å². The molecular formula is C17H14N4OS2. The molecule has 0 aliphatic heterocycles. The molecule has 3 aromatic heterocycles. The molecule has 24 heavy (non-hydrogen) atoms. The van der Waals surface area contributed by atoms with Crippen LogP contribution in [0, 0.1) is 0 Å². The van der Waals surface area contributed by atoms with Crippen molar-refractivity contribution in [3.63, 3.8) is 0 Å².